The average molecular weight is 165 g/mol. The molecule has 0 radical (unpaired) electrons. The Balaban J connectivity index is 2.08. The molecular formula is C6H13ClOSi. The second kappa shape index (κ2) is 4.31. The first-order chi connectivity index (χ1) is 4.43. The minimum Gasteiger partial charge on any atom is -0.405 e. The maximum Gasteiger partial charge on any atom is 0.258 e. The fourth-order valence-electron chi connectivity index (χ4n) is 1.32. The van der Waals surface area contributed by atoms with Crippen LogP contribution < -0.4 is 0 Å². The lowest BCUT2D eigenvalue weighted by atomic mass is 9.98. The predicted molar refractivity (Wildman–Crippen MR) is 42.4 cm³/mol. The molecule has 0 N–H and O–H groups in total. The third-order valence-electron chi connectivity index (χ3n) is 1.85. The molecule has 1 fully saturated rings. The Bertz CT molecular complexity index is 70.7. The van der Waals surface area contributed by atoms with Gasteiger partial charge < -0.3 is 4.43 Å². The molecule has 0 atom stereocenters. The minimum absolute atomic E-state index is 0.530. The van der Waals surface area contributed by atoms with Crippen LogP contribution in [0.15, 0.2) is 0 Å². The van der Waals surface area contributed by atoms with Gasteiger partial charge in [-0.15, -0.1) is 11.1 Å². The highest BCUT2D eigenvalue weighted by Gasteiger charge is 2.11. The van der Waals surface area contributed by atoms with Crippen molar-refractivity contribution in [2.75, 3.05) is 0 Å². The topological polar surface area (TPSA) is 9.23 Å². The molecule has 0 amide bonds. The van der Waals surface area contributed by atoms with E-state index in [0.717, 1.165) is 0 Å². The van der Waals surface area contributed by atoms with Gasteiger partial charge >= 0.3 is 0 Å². The van der Waals surface area contributed by atoms with Crippen LogP contribution >= 0.6 is 11.1 Å². The normalized spacial score (nSPS) is 23.7. The smallest absolute Gasteiger partial charge is 0.258 e. The van der Waals surface area contributed by atoms with Crippen molar-refractivity contribution in [3.8, 4) is 0 Å². The van der Waals surface area contributed by atoms with Crippen LogP contribution in [0.3, 0.4) is 0 Å². The summed E-state index contributed by atoms with van der Waals surface area (Å²) in [5.41, 5.74) is 0. The first-order valence-corrected chi connectivity index (χ1v) is 6.32. The van der Waals surface area contributed by atoms with E-state index in [4.69, 9.17) is 15.5 Å². The molecule has 0 spiro atoms. The summed E-state index contributed by atoms with van der Waals surface area (Å²) in [6.07, 6.45) is 7.11. The lowest BCUT2D eigenvalue weighted by Crippen LogP contribution is -2.16. The van der Waals surface area contributed by atoms with Crippen molar-refractivity contribution in [2.24, 2.45) is 0 Å². The predicted octanol–water partition coefficient (Wildman–Crippen LogP) is 1.57. The van der Waals surface area contributed by atoms with Crippen LogP contribution in [0.2, 0.25) is 0 Å². The van der Waals surface area contributed by atoms with Gasteiger partial charge in [0.15, 0.2) is 0 Å². The molecule has 54 valence electrons. The van der Waals surface area contributed by atoms with E-state index < -0.39 is 9.07 Å². The Morgan fingerprint density at radius 1 is 1.22 bits per heavy atom. The van der Waals surface area contributed by atoms with E-state index in [2.05, 4.69) is 0 Å². The molecule has 3 heteroatoms. The fourth-order valence-corrected chi connectivity index (χ4v) is 2.37. The van der Waals surface area contributed by atoms with Crippen LogP contribution in [-0.2, 0) is 4.43 Å². The van der Waals surface area contributed by atoms with Crippen molar-refractivity contribution in [2.45, 2.75) is 38.2 Å². The molecule has 0 unspecified atom stereocenters. The molecule has 1 aliphatic carbocycles. The van der Waals surface area contributed by atoms with Crippen molar-refractivity contribution in [3.05, 3.63) is 0 Å². The Hall–Kier alpha value is 0.467. The van der Waals surface area contributed by atoms with E-state index in [-0.39, 0.29) is 0 Å². The average Bonchev–Trinajstić information content (AvgIpc) is 1.91. The third-order valence-corrected chi connectivity index (χ3v) is 2.83. The molecule has 0 heterocycles. The van der Waals surface area contributed by atoms with Gasteiger partial charge in [0.25, 0.3) is 9.07 Å². The molecule has 1 nitrogen and oxygen atoms in total. The molecule has 9 heavy (non-hydrogen) atoms. The minimum atomic E-state index is -0.659. The summed E-state index contributed by atoms with van der Waals surface area (Å²) in [4.78, 5) is 0. The lowest BCUT2D eigenvalue weighted by molar-refractivity contribution is 0.167. The van der Waals surface area contributed by atoms with Crippen LogP contribution in [0.5, 0.6) is 0 Å². The Labute approximate surface area is 63.4 Å². The summed E-state index contributed by atoms with van der Waals surface area (Å²) in [6.45, 7) is 0. The number of rotatable bonds is 2. The maximum absolute atomic E-state index is 5.55. The van der Waals surface area contributed by atoms with Crippen molar-refractivity contribution < 1.29 is 4.43 Å². The molecule has 0 aromatic heterocycles. The zero-order valence-electron chi connectivity index (χ0n) is 5.61. The van der Waals surface area contributed by atoms with Crippen LogP contribution in [-0.4, -0.2) is 15.2 Å². The molecule has 0 saturated heterocycles. The van der Waals surface area contributed by atoms with E-state index in [1.807, 2.05) is 0 Å². The van der Waals surface area contributed by atoms with Gasteiger partial charge in [-0.25, -0.2) is 0 Å². The number of halogens is 1. The van der Waals surface area contributed by atoms with Crippen LogP contribution in [0.1, 0.15) is 32.1 Å². The van der Waals surface area contributed by atoms with Crippen LogP contribution in [0, 0.1) is 0 Å². The first kappa shape index (κ1) is 7.57. The van der Waals surface area contributed by atoms with E-state index >= 15 is 0 Å². The highest BCUT2D eigenvalue weighted by Crippen LogP contribution is 2.19. The molecule has 0 aliphatic heterocycles. The summed E-state index contributed by atoms with van der Waals surface area (Å²) in [5, 5.41) is 0. The zero-order valence-corrected chi connectivity index (χ0v) is 7.78. The SMILES string of the molecule is Cl[SiH2]OC1CCCCC1. The van der Waals surface area contributed by atoms with Gasteiger partial charge in [0.2, 0.25) is 0 Å². The summed E-state index contributed by atoms with van der Waals surface area (Å²) in [7, 11) is -0.659. The monoisotopic (exact) mass is 164 g/mol. The second-order valence-electron chi connectivity index (χ2n) is 2.54. The van der Waals surface area contributed by atoms with Gasteiger partial charge in [-0.05, 0) is 12.8 Å². The molecule has 0 aromatic rings. The number of hydrogen-bond donors (Lipinski definition) is 0. The second-order valence-corrected chi connectivity index (χ2v) is 3.74. The standard InChI is InChI=1S/C6H13ClOSi/c7-9-8-6-4-2-1-3-5-6/h6H,1-5,9H2. The van der Waals surface area contributed by atoms with Gasteiger partial charge in [0.1, 0.15) is 0 Å². The van der Waals surface area contributed by atoms with Gasteiger partial charge in [-0.3, -0.25) is 0 Å². The van der Waals surface area contributed by atoms with Gasteiger partial charge in [-0.1, -0.05) is 19.3 Å². The summed E-state index contributed by atoms with van der Waals surface area (Å²) in [6, 6.07) is 0. The lowest BCUT2D eigenvalue weighted by Gasteiger charge is -2.20. The summed E-state index contributed by atoms with van der Waals surface area (Å²) in [5.74, 6) is 0. The van der Waals surface area contributed by atoms with Crippen LogP contribution in [0.4, 0.5) is 0 Å². The maximum atomic E-state index is 5.55. The molecule has 0 aromatic carbocycles. The Morgan fingerprint density at radius 3 is 2.44 bits per heavy atom. The molecule has 0 bridgehead atoms. The highest BCUT2D eigenvalue weighted by molar-refractivity contribution is 6.89. The van der Waals surface area contributed by atoms with Gasteiger partial charge in [0.05, 0.1) is 0 Å². The van der Waals surface area contributed by atoms with E-state index in [1.54, 1.807) is 0 Å². The van der Waals surface area contributed by atoms with Crippen molar-refractivity contribution in [1.29, 1.82) is 0 Å². The molecular weight excluding hydrogens is 152 g/mol. The number of hydrogen-bond acceptors (Lipinski definition) is 1. The van der Waals surface area contributed by atoms with E-state index in [1.165, 1.54) is 32.1 Å². The largest absolute Gasteiger partial charge is 0.405 e. The highest BCUT2D eigenvalue weighted by atomic mass is 35.6. The van der Waals surface area contributed by atoms with Crippen molar-refractivity contribution >= 4 is 20.2 Å². The molecule has 1 rings (SSSR count). The van der Waals surface area contributed by atoms with Crippen LogP contribution in [0.25, 0.3) is 0 Å². The molecule has 1 aliphatic rings. The molecule has 1 saturated carbocycles. The third kappa shape index (κ3) is 2.69. The van der Waals surface area contributed by atoms with E-state index in [0.29, 0.717) is 6.10 Å². The van der Waals surface area contributed by atoms with E-state index in [9.17, 15) is 0 Å². The van der Waals surface area contributed by atoms with Crippen molar-refractivity contribution in [1.82, 2.24) is 0 Å². The Morgan fingerprint density at radius 2 is 1.89 bits per heavy atom. The zero-order chi connectivity index (χ0) is 6.53. The van der Waals surface area contributed by atoms with Gasteiger partial charge in [0, 0.05) is 6.10 Å². The summed E-state index contributed by atoms with van der Waals surface area (Å²) < 4.78 is 5.39. The Kier molecular flexibility index (Phi) is 3.63. The first-order valence-electron chi connectivity index (χ1n) is 3.61. The summed E-state index contributed by atoms with van der Waals surface area (Å²) >= 11 is 5.55. The van der Waals surface area contributed by atoms with Gasteiger partial charge in [-0.2, -0.15) is 0 Å². The quantitative estimate of drug-likeness (QED) is 0.445. The van der Waals surface area contributed by atoms with Crippen molar-refractivity contribution in [3.63, 3.8) is 0 Å². The fraction of sp³-hybridized carbons (Fsp3) is 1.00.